The Kier molecular flexibility index (Phi) is 2.46. The predicted molar refractivity (Wildman–Crippen MR) is 61.2 cm³/mol. The molecule has 5 nitrogen and oxygen atoms in total. The smallest absolute Gasteiger partial charge is 0.315 e. The maximum absolute atomic E-state index is 13.2. The second-order valence-electron chi connectivity index (χ2n) is 5.97. The molecule has 2 heterocycles. The fourth-order valence-corrected chi connectivity index (χ4v) is 5.43. The van der Waals surface area contributed by atoms with E-state index in [1.807, 2.05) is 0 Å². The van der Waals surface area contributed by atoms with Crippen molar-refractivity contribution in [2.45, 2.75) is 37.5 Å². The first-order chi connectivity index (χ1) is 8.55. The van der Waals surface area contributed by atoms with Crippen LogP contribution in [-0.4, -0.2) is 43.6 Å². The summed E-state index contributed by atoms with van der Waals surface area (Å²) < 4.78 is 63.5. The molecule has 1 spiro atoms. The number of nitrogens with zero attached hydrogens (tertiary/aromatic N) is 1. The molecule has 9 heteroatoms. The van der Waals surface area contributed by atoms with Crippen LogP contribution in [0.2, 0.25) is 0 Å². The Morgan fingerprint density at radius 2 is 1.84 bits per heavy atom. The topological polar surface area (TPSA) is 75.4 Å². The molecular formula is C10H16F3N3O2S. The van der Waals surface area contributed by atoms with E-state index in [2.05, 4.69) is 5.32 Å². The molecule has 3 aliphatic rings. The lowest BCUT2D eigenvalue weighted by molar-refractivity contribution is -0.307. The van der Waals surface area contributed by atoms with Crippen LogP contribution >= 0.6 is 0 Å². The van der Waals surface area contributed by atoms with Gasteiger partial charge in [0.15, 0.2) is 0 Å². The monoisotopic (exact) mass is 299 g/mol. The van der Waals surface area contributed by atoms with E-state index in [4.69, 9.17) is 5.14 Å². The molecule has 3 fully saturated rings. The minimum atomic E-state index is -4.59. The molecule has 0 aromatic rings. The van der Waals surface area contributed by atoms with Gasteiger partial charge in [-0.3, -0.25) is 0 Å². The Hall–Kier alpha value is -0.380. The van der Waals surface area contributed by atoms with Crippen molar-refractivity contribution >= 4 is 10.2 Å². The van der Waals surface area contributed by atoms with Crippen molar-refractivity contribution in [3.8, 4) is 0 Å². The molecule has 0 amide bonds. The van der Waals surface area contributed by atoms with E-state index >= 15 is 0 Å². The van der Waals surface area contributed by atoms with Crippen LogP contribution in [0.15, 0.2) is 0 Å². The summed E-state index contributed by atoms with van der Waals surface area (Å²) in [7, 11) is -4.37. The number of nitrogens with one attached hydrogen (secondary N) is 1. The normalized spacial score (nSPS) is 38.9. The highest BCUT2D eigenvalue weighted by atomic mass is 32.2. The third-order valence-electron chi connectivity index (χ3n) is 5.06. The summed E-state index contributed by atoms with van der Waals surface area (Å²) in [5.74, 6) is -0.0217. The predicted octanol–water partition coefficient (Wildman–Crippen LogP) is 0.195. The molecule has 2 aliphatic heterocycles. The standard InChI is InChI=1S/C10H16F3N3O2S/c1-8(6-2-3-6)9(4-15-5-9)7(10(11,12)13)16(8)19(14,17)18/h6-7,15H,2-5H2,1H3,(H2,14,17,18). The fourth-order valence-electron chi connectivity index (χ4n) is 3.96. The number of hydrogen-bond donors (Lipinski definition) is 2. The van der Waals surface area contributed by atoms with E-state index in [1.165, 1.54) is 0 Å². The molecule has 0 aromatic carbocycles. The number of alkyl halides is 3. The van der Waals surface area contributed by atoms with E-state index in [9.17, 15) is 21.6 Å². The summed E-state index contributed by atoms with van der Waals surface area (Å²) in [6, 6.07) is -2.00. The highest BCUT2D eigenvalue weighted by Gasteiger charge is 2.82. The average molecular weight is 299 g/mol. The van der Waals surface area contributed by atoms with Gasteiger partial charge in [0.25, 0.3) is 10.2 Å². The lowest BCUT2D eigenvalue weighted by atomic mass is 9.52. The molecule has 0 aromatic heterocycles. The molecular weight excluding hydrogens is 283 g/mol. The van der Waals surface area contributed by atoms with Gasteiger partial charge in [-0.15, -0.1) is 0 Å². The molecule has 0 radical (unpaired) electrons. The number of nitrogens with two attached hydrogens (primary N) is 1. The Morgan fingerprint density at radius 1 is 1.32 bits per heavy atom. The molecule has 1 saturated carbocycles. The van der Waals surface area contributed by atoms with E-state index in [0.29, 0.717) is 4.31 Å². The van der Waals surface area contributed by atoms with Crippen LogP contribution in [0.25, 0.3) is 0 Å². The maximum Gasteiger partial charge on any atom is 0.405 e. The Balaban J connectivity index is 2.09. The molecule has 0 bridgehead atoms. The van der Waals surface area contributed by atoms with Crippen LogP contribution in [0.4, 0.5) is 13.2 Å². The van der Waals surface area contributed by atoms with Gasteiger partial charge < -0.3 is 5.32 Å². The van der Waals surface area contributed by atoms with Crippen LogP contribution in [0, 0.1) is 11.3 Å². The number of rotatable bonds is 2. The molecule has 2 unspecified atom stereocenters. The number of hydrogen-bond acceptors (Lipinski definition) is 3. The van der Waals surface area contributed by atoms with E-state index in [0.717, 1.165) is 12.8 Å². The van der Waals surface area contributed by atoms with E-state index < -0.39 is 33.4 Å². The Bertz CT molecular complexity index is 513. The quantitative estimate of drug-likeness (QED) is 0.764. The van der Waals surface area contributed by atoms with Crippen LogP contribution < -0.4 is 10.5 Å². The first-order valence-corrected chi connectivity index (χ1v) is 7.65. The van der Waals surface area contributed by atoms with Crippen molar-refractivity contribution in [1.29, 1.82) is 0 Å². The molecule has 110 valence electrons. The summed E-state index contributed by atoms with van der Waals surface area (Å²) in [6.45, 7) is 1.99. The fraction of sp³-hybridized carbons (Fsp3) is 1.00. The van der Waals surface area contributed by atoms with Crippen molar-refractivity contribution < 1.29 is 21.6 Å². The van der Waals surface area contributed by atoms with Crippen LogP contribution in [-0.2, 0) is 10.2 Å². The van der Waals surface area contributed by atoms with Crippen LogP contribution in [0.5, 0.6) is 0 Å². The third kappa shape index (κ3) is 1.50. The van der Waals surface area contributed by atoms with Gasteiger partial charge in [0.05, 0.1) is 0 Å². The van der Waals surface area contributed by atoms with E-state index in [1.54, 1.807) is 6.92 Å². The summed E-state index contributed by atoms with van der Waals surface area (Å²) in [5.41, 5.74) is -2.06. The second-order valence-corrected chi connectivity index (χ2v) is 7.39. The van der Waals surface area contributed by atoms with Gasteiger partial charge in [-0.2, -0.15) is 25.9 Å². The lowest BCUT2D eigenvalue weighted by Crippen LogP contribution is -2.91. The van der Waals surface area contributed by atoms with Crippen molar-refractivity contribution in [3.63, 3.8) is 0 Å². The maximum atomic E-state index is 13.2. The number of halogens is 3. The zero-order valence-electron chi connectivity index (χ0n) is 10.4. The van der Waals surface area contributed by atoms with Crippen molar-refractivity contribution in [2.75, 3.05) is 13.1 Å². The van der Waals surface area contributed by atoms with Gasteiger partial charge >= 0.3 is 6.18 Å². The summed E-state index contributed by atoms with van der Waals surface area (Å²) in [5, 5.41) is 7.90. The molecule has 1 aliphatic carbocycles. The van der Waals surface area contributed by atoms with Gasteiger partial charge in [-0.25, -0.2) is 5.14 Å². The summed E-state index contributed by atoms with van der Waals surface area (Å²) in [4.78, 5) is 0. The van der Waals surface area contributed by atoms with Gasteiger partial charge in [-0.05, 0) is 25.7 Å². The highest BCUT2D eigenvalue weighted by molar-refractivity contribution is 7.86. The van der Waals surface area contributed by atoms with Crippen LogP contribution in [0.3, 0.4) is 0 Å². The molecule has 2 saturated heterocycles. The van der Waals surface area contributed by atoms with Crippen LogP contribution in [0.1, 0.15) is 19.8 Å². The van der Waals surface area contributed by atoms with Crippen molar-refractivity contribution in [1.82, 2.24) is 9.62 Å². The van der Waals surface area contributed by atoms with Gasteiger partial charge in [0, 0.05) is 24.0 Å². The van der Waals surface area contributed by atoms with Gasteiger partial charge in [-0.1, -0.05) is 0 Å². The zero-order chi connectivity index (χ0) is 14.3. The van der Waals surface area contributed by atoms with Gasteiger partial charge in [0.1, 0.15) is 6.04 Å². The van der Waals surface area contributed by atoms with Crippen molar-refractivity contribution in [2.24, 2.45) is 16.5 Å². The Morgan fingerprint density at radius 3 is 2.11 bits per heavy atom. The SMILES string of the molecule is CC1(C2CC2)N(S(N)(=O)=O)C(C(F)(F)F)C12CNC2. The Labute approximate surface area is 109 Å². The first-order valence-electron chi connectivity index (χ1n) is 6.15. The molecule has 2 atom stereocenters. The minimum Gasteiger partial charge on any atom is -0.315 e. The van der Waals surface area contributed by atoms with E-state index in [-0.39, 0.29) is 19.0 Å². The minimum absolute atomic E-state index is 0.0217. The molecule has 3 N–H and O–H groups in total. The van der Waals surface area contributed by atoms with Gasteiger partial charge in [0.2, 0.25) is 0 Å². The average Bonchev–Trinajstić information content (AvgIpc) is 2.89. The largest absolute Gasteiger partial charge is 0.405 e. The zero-order valence-corrected chi connectivity index (χ0v) is 11.2. The second kappa shape index (κ2) is 3.44. The molecule has 19 heavy (non-hydrogen) atoms. The molecule has 3 rings (SSSR count). The summed E-state index contributed by atoms with van der Waals surface area (Å²) in [6.07, 6.45) is -3.08. The first kappa shape index (κ1) is 13.6. The highest BCUT2D eigenvalue weighted by Crippen LogP contribution is 2.67. The summed E-state index contributed by atoms with van der Waals surface area (Å²) >= 11 is 0. The lowest BCUT2D eigenvalue weighted by Gasteiger charge is -2.72. The third-order valence-corrected chi connectivity index (χ3v) is 6.20. The van der Waals surface area contributed by atoms with Crippen molar-refractivity contribution in [3.05, 3.63) is 0 Å².